The molecular formula is C12H15ClO2. The van der Waals surface area contributed by atoms with E-state index in [9.17, 15) is 4.79 Å². The van der Waals surface area contributed by atoms with E-state index in [1.165, 1.54) is 0 Å². The Kier molecular flexibility index (Phi) is 4.63. The zero-order valence-electron chi connectivity index (χ0n) is 9.05. The second kappa shape index (κ2) is 5.76. The molecule has 0 N–H and O–H groups in total. The highest BCUT2D eigenvalue weighted by Gasteiger charge is 2.09. The first-order valence-corrected chi connectivity index (χ1v) is 5.39. The summed E-state index contributed by atoms with van der Waals surface area (Å²) in [7, 11) is 1.65. The first-order chi connectivity index (χ1) is 7.22. The smallest absolute Gasteiger partial charge is 0.125 e. The molecule has 1 aromatic carbocycles. The predicted octanol–water partition coefficient (Wildman–Crippen LogP) is 3.04. The molecule has 0 bridgehead atoms. The average molecular weight is 227 g/mol. The lowest BCUT2D eigenvalue weighted by Crippen LogP contribution is -1.97. The van der Waals surface area contributed by atoms with E-state index in [2.05, 4.69) is 6.92 Å². The Morgan fingerprint density at radius 3 is 2.60 bits per heavy atom. The van der Waals surface area contributed by atoms with E-state index in [-0.39, 0.29) is 0 Å². The summed E-state index contributed by atoms with van der Waals surface area (Å²) in [6.45, 7) is 2.05. The standard InChI is InChI=1S/C12H15ClO2/c1-3-9-7-11(13)8-10(5-4-6-14)12(9)15-2/h6-8H,3-5H2,1-2H3. The van der Waals surface area contributed by atoms with Gasteiger partial charge in [0.1, 0.15) is 12.0 Å². The molecule has 0 heterocycles. The normalized spacial score (nSPS) is 10.1. The van der Waals surface area contributed by atoms with Crippen molar-refractivity contribution in [3.63, 3.8) is 0 Å². The Morgan fingerprint density at radius 2 is 2.07 bits per heavy atom. The third-order valence-corrected chi connectivity index (χ3v) is 2.54. The number of ether oxygens (including phenoxy) is 1. The van der Waals surface area contributed by atoms with Gasteiger partial charge >= 0.3 is 0 Å². The van der Waals surface area contributed by atoms with Crippen LogP contribution in [0.5, 0.6) is 5.75 Å². The van der Waals surface area contributed by atoms with Gasteiger partial charge in [0.05, 0.1) is 7.11 Å². The lowest BCUT2D eigenvalue weighted by molar-refractivity contribution is -0.107. The first-order valence-electron chi connectivity index (χ1n) is 5.01. The van der Waals surface area contributed by atoms with Gasteiger partial charge in [0.2, 0.25) is 0 Å². The Morgan fingerprint density at radius 1 is 1.40 bits per heavy atom. The highest BCUT2D eigenvalue weighted by molar-refractivity contribution is 6.30. The van der Waals surface area contributed by atoms with Crippen molar-refractivity contribution < 1.29 is 9.53 Å². The molecule has 0 spiro atoms. The van der Waals surface area contributed by atoms with Gasteiger partial charge < -0.3 is 9.53 Å². The van der Waals surface area contributed by atoms with Crippen molar-refractivity contribution >= 4 is 17.9 Å². The van der Waals surface area contributed by atoms with E-state index >= 15 is 0 Å². The van der Waals surface area contributed by atoms with Crippen molar-refractivity contribution in [2.24, 2.45) is 0 Å². The molecule has 3 heteroatoms. The molecule has 0 radical (unpaired) electrons. The number of carbonyl (C=O) groups excluding carboxylic acids is 1. The second-order valence-electron chi connectivity index (χ2n) is 3.32. The minimum absolute atomic E-state index is 0.500. The van der Waals surface area contributed by atoms with E-state index in [1.807, 2.05) is 12.1 Å². The minimum Gasteiger partial charge on any atom is -0.496 e. The highest BCUT2D eigenvalue weighted by Crippen LogP contribution is 2.29. The van der Waals surface area contributed by atoms with Crippen LogP contribution in [0.25, 0.3) is 0 Å². The zero-order chi connectivity index (χ0) is 11.3. The van der Waals surface area contributed by atoms with E-state index in [0.717, 1.165) is 29.6 Å². The number of rotatable bonds is 5. The fourth-order valence-electron chi connectivity index (χ4n) is 1.64. The van der Waals surface area contributed by atoms with Gasteiger partial charge in [-0.25, -0.2) is 0 Å². The van der Waals surface area contributed by atoms with Crippen molar-refractivity contribution in [3.8, 4) is 5.75 Å². The van der Waals surface area contributed by atoms with Crippen LogP contribution >= 0.6 is 11.6 Å². The largest absolute Gasteiger partial charge is 0.496 e. The van der Waals surface area contributed by atoms with Gasteiger partial charge in [0.15, 0.2) is 0 Å². The summed E-state index contributed by atoms with van der Waals surface area (Å²) in [6.07, 6.45) is 2.96. The SMILES string of the molecule is CCc1cc(Cl)cc(CCC=O)c1OC. The fourth-order valence-corrected chi connectivity index (χ4v) is 1.90. The van der Waals surface area contributed by atoms with E-state index in [0.29, 0.717) is 17.9 Å². The number of benzene rings is 1. The molecule has 15 heavy (non-hydrogen) atoms. The maximum absolute atomic E-state index is 10.3. The Balaban J connectivity index is 3.10. The second-order valence-corrected chi connectivity index (χ2v) is 3.75. The zero-order valence-corrected chi connectivity index (χ0v) is 9.80. The third-order valence-electron chi connectivity index (χ3n) is 2.32. The van der Waals surface area contributed by atoms with Gasteiger partial charge in [-0.3, -0.25) is 0 Å². The van der Waals surface area contributed by atoms with Crippen molar-refractivity contribution in [3.05, 3.63) is 28.3 Å². The van der Waals surface area contributed by atoms with Crippen molar-refractivity contribution in [1.82, 2.24) is 0 Å². The monoisotopic (exact) mass is 226 g/mol. The molecule has 2 nitrogen and oxygen atoms in total. The molecule has 0 aliphatic heterocycles. The maximum atomic E-state index is 10.3. The van der Waals surface area contributed by atoms with Crippen LogP contribution in [-0.4, -0.2) is 13.4 Å². The molecule has 0 fully saturated rings. The molecule has 0 aliphatic rings. The molecule has 1 aromatic rings. The summed E-state index contributed by atoms with van der Waals surface area (Å²) in [5.41, 5.74) is 2.10. The number of aldehydes is 1. The van der Waals surface area contributed by atoms with Crippen molar-refractivity contribution in [2.45, 2.75) is 26.2 Å². The van der Waals surface area contributed by atoms with Gasteiger partial charge in [-0.2, -0.15) is 0 Å². The van der Waals surface area contributed by atoms with Gasteiger partial charge in [-0.1, -0.05) is 18.5 Å². The van der Waals surface area contributed by atoms with Crippen LogP contribution in [0, 0.1) is 0 Å². The molecule has 1 rings (SSSR count). The van der Waals surface area contributed by atoms with E-state index in [1.54, 1.807) is 7.11 Å². The Bertz CT molecular complexity index is 348. The van der Waals surface area contributed by atoms with Gasteiger partial charge in [0, 0.05) is 11.4 Å². The molecule has 0 unspecified atom stereocenters. The molecule has 0 saturated heterocycles. The topological polar surface area (TPSA) is 26.3 Å². The summed E-state index contributed by atoms with van der Waals surface area (Å²) in [5.74, 6) is 0.865. The molecule has 0 aromatic heterocycles. The maximum Gasteiger partial charge on any atom is 0.125 e. The highest BCUT2D eigenvalue weighted by atomic mass is 35.5. The summed E-state index contributed by atoms with van der Waals surface area (Å²) >= 11 is 5.99. The summed E-state index contributed by atoms with van der Waals surface area (Å²) in [4.78, 5) is 10.3. The van der Waals surface area contributed by atoms with Gasteiger partial charge in [0.25, 0.3) is 0 Å². The van der Waals surface area contributed by atoms with Crippen molar-refractivity contribution in [1.29, 1.82) is 0 Å². The summed E-state index contributed by atoms with van der Waals surface area (Å²) < 4.78 is 5.34. The van der Waals surface area contributed by atoms with Crippen LogP contribution in [-0.2, 0) is 17.6 Å². The Labute approximate surface area is 95.2 Å². The minimum atomic E-state index is 0.500. The molecule has 0 atom stereocenters. The number of aryl methyl sites for hydroxylation is 2. The summed E-state index contributed by atoms with van der Waals surface area (Å²) in [6, 6.07) is 3.77. The van der Waals surface area contributed by atoms with Crippen LogP contribution in [0.2, 0.25) is 5.02 Å². The van der Waals surface area contributed by atoms with Gasteiger partial charge in [-0.15, -0.1) is 0 Å². The van der Waals surface area contributed by atoms with Crippen LogP contribution < -0.4 is 4.74 Å². The molecule has 82 valence electrons. The number of hydrogen-bond donors (Lipinski definition) is 0. The quantitative estimate of drug-likeness (QED) is 0.722. The summed E-state index contributed by atoms with van der Waals surface area (Å²) in [5, 5.41) is 0.702. The first kappa shape index (κ1) is 12.1. The van der Waals surface area contributed by atoms with Crippen LogP contribution in [0.3, 0.4) is 0 Å². The lowest BCUT2D eigenvalue weighted by Gasteiger charge is -2.12. The lowest BCUT2D eigenvalue weighted by atomic mass is 10.0. The van der Waals surface area contributed by atoms with E-state index in [4.69, 9.17) is 16.3 Å². The number of carbonyl (C=O) groups is 1. The van der Waals surface area contributed by atoms with Gasteiger partial charge in [-0.05, 0) is 36.1 Å². The van der Waals surface area contributed by atoms with Crippen LogP contribution in [0.4, 0.5) is 0 Å². The average Bonchev–Trinajstić information content (AvgIpc) is 2.25. The predicted molar refractivity (Wildman–Crippen MR) is 61.8 cm³/mol. The molecule has 0 aliphatic carbocycles. The Hall–Kier alpha value is -1.02. The number of halogens is 1. The molecular weight excluding hydrogens is 212 g/mol. The van der Waals surface area contributed by atoms with Crippen LogP contribution in [0.1, 0.15) is 24.5 Å². The third kappa shape index (κ3) is 2.96. The van der Waals surface area contributed by atoms with Crippen molar-refractivity contribution in [2.75, 3.05) is 7.11 Å². The van der Waals surface area contributed by atoms with E-state index < -0.39 is 0 Å². The molecule has 0 saturated carbocycles. The molecule has 0 amide bonds. The van der Waals surface area contributed by atoms with Crippen LogP contribution in [0.15, 0.2) is 12.1 Å². The fraction of sp³-hybridized carbons (Fsp3) is 0.417. The number of methoxy groups -OCH3 is 1. The number of hydrogen-bond acceptors (Lipinski definition) is 2.